The van der Waals surface area contributed by atoms with E-state index in [1.54, 1.807) is 18.2 Å². The molecule has 2 aliphatic heterocycles. The summed E-state index contributed by atoms with van der Waals surface area (Å²) in [5, 5.41) is 5.46. The number of nitrogens with one attached hydrogen (secondary N) is 2. The van der Waals surface area contributed by atoms with Crippen LogP contribution in [0.4, 0.5) is 11.4 Å². The smallest absolute Gasteiger partial charge is 0.251 e. The van der Waals surface area contributed by atoms with Gasteiger partial charge >= 0.3 is 0 Å². The fourth-order valence-electron chi connectivity index (χ4n) is 4.27. The molecule has 2 amide bonds. The second kappa shape index (κ2) is 10.5. The molecule has 8 heteroatoms. The van der Waals surface area contributed by atoms with Crippen LogP contribution in [0.5, 0.6) is 11.5 Å². The first-order valence-electron chi connectivity index (χ1n) is 11.7. The highest BCUT2D eigenvalue weighted by atomic mass is 16.7. The maximum Gasteiger partial charge on any atom is 0.251 e. The van der Waals surface area contributed by atoms with E-state index in [0.29, 0.717) is 22.7 Å². The molecule has 3 aromatic rings. The number of carbonyl (C=O) groups is 2. The normalized spacial score (nSPS) is 15.0. The Balaban J connectivity index is 1.07. The molecule has 0 unspecified atom stereocenters. The molecule has 1 saturated heterocycles. The minimum absolute atomic E-state index is 0.127. The van der Waals surface area contributed by atoms with E-state index < -0.39 is 0 Å². The molecule has 0 radical (unpaired) electrons. The lowest BCUT2D eigenvalue weighted by atomic mass is 10.2. The molecule has 3 aromatic carbocycles. The molecule has 0 bridgehead atoms. The number of fused-ring (bicyclic) bond motifs is 1. The van der Waals surface area contributed by atoms with Crippen LogP contribution in [0.25, 0.3) is 0 Å². The minimum atomic E-state index is -0.347. The van der Waals surface area contributed by atoms with Crippen molar-refractivity contribution in [3.8, 4) is 11.5 Å². The molecule has 1 fully saturated rings. The van der Waals surface area contributed by atoms with Crippen LogP contribution in [0.2, 0.25) is 0 Å². The first-order valence-corrected chi connectivity index (χ1v) is 11.7. The van der Waals surface area contributed by atoms with Gasteiger partial charge in [-0.3, -0.25) is 14.5 Å². The van der Waals surface area contributed by atoms with Gasteiger partial charge in [0.15, 0.2) is 11.5 Å². The Kier molecular flexibility index (Phi) is 6.81. The summed E-state index contributed by atoms with van der Waals surface area (Å²) >= 11 is 0. The molecule has 2 aliphatic rings. The highest BCUT2D eigenvalue weighted by molar-refractivity contribution is 5.99. The average molecular weight is 473 g/mol. The van der Waals surface area contributed by atoms with Gasteiger partial charge in [0.05, 0.1) is 6.54 Å². The van der Waals surface area contributed by atoms with E-state index in [1.807, 2.05) is 30.3 Å². The molecule has 35 heavy (non-hydrogen) atoms. The van der Waals surface area contributed by atoms with Crippen molar-refractivity contribution in [1.29, 1.82) is 0 Å². The van der Waals surface area contributed by atoms with Gasteiger partial charge in [-0.15, -0.1) is 0 Å². The van der Waals surface area contributed by atoms with Gasteiger partial charge in [-0.2, -0.15) is 0 Å². The Labute approximate surface area is 204 Å². The van der Waals surface area contributed by atoms with Gasteiger partial charge in [0.25, 0.3) is 5.91 Å². The molecule has 0 aromatic heterocycles. The van der Waals surface area contributed by atoms with Gasteiger partial charge in [-0.25, -0.2) is 0 Å². The van der Waals surface area contributed by atoms with Gasteiger partial charge in [0.2, 0.25) is 12.7 Å². The number of amides is 2. The fourth-order valence-corrected chi connectivity index (χ4v) is 4.27. The number of rotatable bonds is 7. The predicted molar refractivity (Wildman–Crippen MR) is 134 cm³/mol. The molecule has 2 heterocycles. The molecule has 0 saturated carbocycles. The number of ether oxygens (including phenoxy) is 2. The van der Waals surface area contributed by atoms with Crippen LogP contribution in [0, 0.1) is 0 Å². The molecule has 0 spiro atoms. The summed E-state index contributed by atoms with van der Waals surface area (Å²) < 4.78 is 10.5. The quantitative estimate of drug-likeness (QED) is 0.550. The molecular weight excluding hydrogens is 444 g/mol. The Morgan fingerprint density at radius 3 is 2.34 bits per heavy atom. The van der Waals surface area contributed by atoms with Crippen LogP contribution in [0.3, 0.4) is 0 Å². The Morgan fingerprint density at radius 2 is 1.57 bits per heavy atom. The maximum absolute atomic E-state index is 12.4. The van der Waals surface area contributed by atoms with Crippen molar-refractivity contribution in [2.45, 2.75) is 6.54 Å². The standard InChI is InChI=1S/C27H28N4O4/c32-26(17-28-27(33)21-6-11-24-25(16-21)35-19-34-24)29-22-7-9-23(10-8-22)31-14-12-30(13-15-31)18-20-4-2-1-3-5-20/h1-11,16H,12-15,17-19H2,(H,28,33)(H,29,32). The Bertz CT molecular complexity index is 1180. The number of hydrogen-bond acceptors (Lipinski definition) is 6. The lowest BCUT2D eigenvalue weighted by Crippen LogP contribution is -2.45. The van der Waals surface area contributed by atoms with Crippen LogP contribution in [-0.4, -0.2) is 56.2 Å². The third-order valence-corrected chi connectivity index (χ3v) is 6.18. The molecule has 5 rings (SSSR count). The zero-order chi connectivity index (χ0) is 24.0. The van der Waals surface area contributed by atoms with Crippen LogP contribution in [0.15, 0.2) is 72.8 Å². The first kappa shape index (κ1) is 22.7. The summed E-state index contributed by atoms with van der Waals surface area (Å²) in [7, 11) is 0. The molecular formula is C27H28N4O4. The summed E-state index contributed by atoms with van der Waals surface area (Å²) in [6.07, 6.45) is 0. The summed E-state index contributed by atoms with van der Waals surface area (Å²) in [5.74, 6) is 0.498. The Hall–Kier alpha value is -4.04. The molecule has 0 aliphatic carbocycles. The monoisotopic (exact) mass is 472 g/mol. The number of hydrogen-bond donors (Lipinski definition) is 2. The van der Waals surface area contributed by atoms with Crippen molar-refractivity contribution in [2.24, 2.45) is 0 Å². The number of piperazine rings is 1. The Morgan fingerprint density at radius 1 is 0.829 bits per heavy atom. The highest BCUT2D eigenvalue weighted by Gasteiger charge is 2.18. The third-order valence-electron chi connectivity index (χ3n) is 6.18. The van der Waals surface area contributed by atoms with E-state index >= 15 is 0 Å². The van der Waals surface area contributed by atoms with Crippen LogP contribution >= 0.6 is 0 Å². The molecule has 0 atom stereocenters. The molecule has 2 N–H and O–H groups in total. The van der Waals surface area contributed by atoms with Gasteiger partial charge in [0, 0.05) is 49.7 Å². The van der Waals surface area contributed by atoms with E-state index in [4.69, 9.17) is 9.47 Å². The van der Waals surface area contributed by atoms with Crippen molar-refractivity contribution in [1.82, 2.24) is 10.2 Å². The summed E-state index contributed by atoms with van der Waals surface area (Å²) in [6, 6.07) is 23.3. The topological polar surface area (TPSA) is 83.1 Å². The zero-order valence-corrected chi connectivity index (χ0v) is 19.4. The predicted octanol–water partition coefficient (Wildman–Crippen LogP) is 3.11. The first-order chi connectivity index (χ1) is 17.1. The van der Waals surface area contributed by atoms with E-state index in [-0.39, 0.29) is 25.2 Å². The van der Waals surface area contributed by atoms with Crippen LogP contribution < -0.4 is 25.0 Å². The second-order valence-corrected chi connectivity index (χ2v) is 8.59. The van der Waals surface area contributed by atoms with Gasteiger partial charge < -0.3 is 25.0 Å². The second-order valence-electron chi connectivity index (χ2n) is 8.59. The van der Waals surface area contributed by atoms with Crippen molar-refractivity contribution < 1.29 is 19.1 Å². The summed E-state index contributed by atoms with van der Waals surface area (Å²) in [5.41, 5.74) is 3.58. The molecule has 8 nitrogen and oxygen atoms in total. The highest BCUT2D eigenvalue weighted by Crippen LogP contribution is 2.32. The minimum Gasteiger partial charge on any atom is -0.454 e. The maximum atomic E-state index is 12.4. The number of carbonyl (C=O) groups excluding carboxylic acids is 2. The number of benzene rings is 3. The summed E-state index contributed by atoms with van der Waals surface area (Å²) in [4.78, 5) is 29.5. The average Bonchev–Trinajstić information content (AvgIpc) is 3.37. The van der Waals surface area contributed by atoms with Gasteiger partial charge in [-0.05, 0) is 48.0 Å². The van der Waals surface area contributed by atoms with E-state index in [9.17, 15) is 9.59 Å². The van der Waals surface area contributed by atoms with E-state index in [0.717, 1.165) is 38.4 Å². The number of nitrogens with zero attached hydrogens (tertiary/aromatic N) is 2. The lowest BCUT2D eigenvalue weighted by molar-refractivity contribution is -0.115. The molecule has 180 valence electrons. The zero-order valence-electron chi connectivity index (χ0n) is 19.4. The van der Waals surface area contributed by atoms with E-state index in [2.05, 4.69) is 44.7 Å². The largest absolute Gasteiger partial charge is 0.454 e. The van der Waals surface area contributed by atoms with Gasteiger partial charge in [-0.1, -0.05) is 30.3 Å². The lowest BCUT2D eigenvalue weighted by Gasteiger charge is -2.36. The third kappa shape index (κ3) is 5.73. The number of anilines is 2. The van der Waals surface area contributed by atoms with Crippen molar-refractivity contribution in [3.05, 3.63) is 83.9 Å². The van der Waals surface area contributed by atoms with E-state index in [1.165, 1.54) is 5.56 Å². The van der Waals surface area contributed by atoms with Crippen molar-refractivity contribution >= 4 is 23.2 Å². The van der Waals surface area contributed by atoms with Gasteiger partial charge in [0.1, 0.15) is 0 Å². The van der Waals surface area contributed by atoms with Crippen molar-refractivity contribution in [2.75, 3.05) is 49.7 Å². The van der Waals surface area contributed by atoms with Crippen LogP contribution in [-0.2, 0) is 11.3 Å². The SMILES string of the molecule is O=C(CNC(=O)c1ccc2c(c1)OCO2)Nc1ccc(N2CCN(Cc3ccccc3)CC2)cc1. The van der Waals surface area contributed by atoms with Crippen molar-refractivity contribution in [3.63, 3.8) is 0 Å². The van der Waals surface area contributed by atoms with Crippen LogP contribution in [0.1, 0.15) is 15.9 Å². The fraction of sp³-hybridized carbons (Fsp3) is 0.259. The summed E-state index contributed by atoms with van der Waals surface area (Å²) in [6.45, 7) is 4.94.